The second-order valence-electron chi connectivity index (χ2n) is 8.09. The van der Waals surface area contributed by atoms with Gasteiger partial charge in [-0.05, 0) is 49.9 Å². The molecule has 0 saturated carbocycles. The van der Waals surface area contributed by atoms with Crippen LogP contribution in [0.4, 0.5) is 5.69 Å². The monoisotopic (exact) mass is 387 g/mol. The molecule has 0 N–H and O–H groups in total. The summed E-state index contributed by atoms with van der Waals surface area (Å²) in [5, 5.41) is 0. The number of hydrogen-bond acceptors (Lipinski definition) is 2. The Labute approximate surface area is 173 Å². The van der Waals surface area contributed by atoms with E-state index < -0.39 is 0 Å². The molecule has 0 aliphatic carbocycles. The fraction of sp³-hybridized carbons (Fsp3) is 0.360. The highest BCUT2D eigenvalue weighted by atomic mass is 16.2. The lowest BCUT2D eigenvalue weighted by Crippen LogP contribution is -2.37. The summed E-state index contributed by atoms with van der Waals surface area (Å²) in [7, 11) is 0. The van der Waals surface area contributed by atoms with Gasteiger partial charge in [0, 0.05) is 36.8 Å². The topological polar surface area (TPSA) is 38.1 Å². The summed E-state index contributed by atoms with van der Waals surface area (Å²) in [6, 6.07) is 19.3. The van der Waals surface area contributed by atoms with Gasteiger partial charge in [0.2, 0.25) is 5.91 Å². The van der Waals surface area contributed by atoms with Crippen LogP contribution < -0.4 is 4.90 Å². The van der Waals surface area contributed by atoms with Crippen molar-refractivity contribution in [3.05, 3.63) is 83.4 Å². The molecule has 0 radical (unpaired) electrons. The van der Waals surface area contributed by atoms with Crippen molar-refractivity contribution in [3.63, 3.8) is 0 Å². The average Bonchev–Trinajstić information content (AvgIpc) is 2.96. The number of anilines is 1. The zero-order valence-corrected chi connectivity index (χ0v) is 17.3. The van der Waals surface area contributed by atoms with Gasteiger partial charge in [-0.1, -0.05) is 48.9 Å². The van der Waals surface area contributed by atoms with Gasteiger partial charge in [-0.3, -0.25) is 4.79 Å². The Balaban J connectivity index is 1.52. The SMILES string of the molecule is Cc1ncn(Cc2ccc(N3C(=O)CCCC[C@H]3C)cc2)c1Cc1ccccc1. The van der Waals surface area contributed by atoms with Gasteiger partial charge in [0.25, 0.3) is 0 Å². The Kier molecular flexibility index (Phi) is 5.79. The molecule has 0 bridgehead atoms. The third-order valence-corrected chi connectivity index (χ3v) is 5.91. The van der Waals surface area contributed by atoms with E-state index in [0.717, 1.165) is 43.6 Å². The van der Waals surface area contributed by atoms with E-state index in [-0.39, 0.29) is 11.9 Å². The molecule has 4 rings (SSSR count). The molecule has 1 amide bonds. The van der Waals surface area contributed by atoms with E-state index in [2.05, 4.69) is 71.9 Å². The van der Waals surface area contributed by atoms with Crippen molar-refractivity contribution in [3.8, 4) is 0 Å². The number of aromatic nitrogens is 2. The molecule has 29 heavy (non-hydrogen) atoms. The van der Waals surface area contributed by atoms with Crippen molar-refractivity contribution in [2.75, 3.05) is 4.90 Å². The van der Waals surface area contributed by atoms with Gasteiger partial charge in [-0.25, -0.2) is 4.98 Å². The molecule has 1 atom stereocenters. The third kappa shape index (κ3) is 4.42. The number of benzene rings is 2. The number of hydrogen-bond donors (Lipinski definition) is 0. The smallest absolute Gasteiger partial charge is 0.227 e. The van der Waals surface area contributed by atoms with Crippen molar-refractivity contribution in [2.45, 2.75) is 58.5 Å². The predicted molar refractivity (Wildman–Crippen MR) is 117 cm³/mol. The van der Waals surface area contributed by atoms with Crippen LogP contribution in [0.3, 0.4) is 0 Å². The Bertz CT molecular complexity index is 959. The Morgan fingerprint density at radius 2 is 1.76 bits per heavy atom. The maximum Gasteiger partial charge on any atom is 0.227 e. The second kappa shape index (κ2) is 8.64. The highest BCUT2D eigenvalue weighted by Gasteiger charge is 2.24. The molecule has 1 saturated heterocycles. The number of rotatable bonds is 5. The van der Waals surface area contributed by atoms with E-state index in [1.165, 1.54) is 16.8 Å². The molecule has 3 aromatic rings. The number of aryl methyl sites for hydroxylation is 1. The Morgan fingerprint density at radius 3 is 2.52 bits per heavy atom. The number of amides is 1. The molecule has 2 heterocycles. The van der Waals surface area contributed by atoms with Crippen LogP contribution in [0.15, 0.2) is 60.9 Å². The third-order valence-electron chi connectivity index (χ3n) is 5.91. The summed E-state index contributed by atoms with van der Waals surface area (Å²) in [5.74, 6) is 0.248. The van der Waals surface area contributed by atoms with E-state index in [9.17, 15) is 4.79 Å². The Hall–Kier alpha value is -2.88. The van der Waals surface area contributed by atoms with Crippen LogP contribution in [0.25, 0.3) is 0 Å². The first kappa shape index (κ1) is 19.4. The molecule has 4 nitrogen and oxygen atoms in total. The lowest BCUT2D eigenvalue weighted by Gasteiger charge is -2.27. The molecule has 0 unspecified atom stereocenters. The van der Waals surface area contributed by atoms with Crippen LogP contribution in [0.5, 0.6) is 0 Å². The normalized spacial score (nSPS) is 17.4. The Morgan fingerprint density at radius 1 is 1.00 bits per heavy atom. The fourth-order valence-electron chi connectivity index (χ4n) is 4.23. The van der Waals surface area contributed by atoms with Gasteiger partial charge in [0.1, 0.15) is 0 Å². The molecule has 1 aromatic heterocycles. The first-order chi connectivity index (χ1) is 14.1. The minimum absolute atomic E-state index is 0.248. The standard InChI is InChI=1S/C25H29N3O/c1-19-8-6-7-11-25(29)28(19)23-14-12-22(13-15-23)17-27-18-26-20(2)24(27)16-21-9-4-3-5-10-21/h3-5,9-10,12-15,18-19H,6-8,11,16-17H2,1-2H3/t19-/m1/s1. The van der Waals surface area contributed by atoms with Crippen molar-refractivity contribution in [2.24, 2.45) is 0 Å². The summed E-state index contributed by atoms with van der Waals surface area (Å²) < 4.78 is 2.23. The summed E-state index contributed by atoms with van der Waals surface area (Å²) in [6.45, 7) is 5.01. The van der Waals surface area contributed by atoms with Crippen molar-refractivity contribution < 1.29 is 4.79 Å². The van der Waals surface area contributed by atoms with Crippen molar-refractivity contribution in [1.82, 2.24) is 9.55 Å². The van der Waals surface area contributed by atoms with Gasteiger partial charge in [0.15, 0.2) is 0 Å². The lowest BCUT2D eigenvalue weighted by atomic mass is 10.1. The second-order valence-corrected chi connectivity index (χ2v) is 8.09. The minimum Gasteiger partial charge on any atom is -0.330 e. The number of nitrogens with zero attached hydrogens (tertiary/aromatic N) is 3. The molecule has 1 aliphatic heterocycles. The van der Waals surface area contributed by atoms with Crippen molar-refractivity contribution in [1.29, 1.82) is 0 Å². The summed E-state index contributed by atoms with van der Waals surface area (Å²) in [4.78, 5) is 19.1. The predicted octanol–water partition coefficient (Wildman–Crippen LogP) is 5.13. The first-order valence-electron chi connectivity index (χ1n) is 10.6. The minimum atomic E-state index is 0.248. The summed E-state index contributed by atoms with van der Waals surface area (Å²) in [6.07, 6.45) is 6.67. The molecule has 1 aliphatic rings. The summed E-state index contributed by atoms with van der Waals surface area (Å²) in [5.41, 5.74) is 5.85. The van der Waals surface area contributed by atoms with Crippen LogP contribution in [0.1, 0.15) is 55.1 Å². The van der Waals surface area contributed by atoms with E-state index in [4.69, 9.17) is 0 Å². The van der Waals surface area contributed by atoms with Gasteiger partial charge >= 0.3 is 0 Å². The highest BCUT2D eigenvalue weighted by Crippen LogP contribution is 2.26. The zero-order valence-electron chi connectivity index (χ0n) is 17.3. The van der Waals surface area contributed by atoms with Crippen molar-refractivity contribution >= 4 is 11.6 Å². The zero-order chi connectivity index (χ0) is 20.2. The van der Waals surface area contributed by atoms with Crippen LogP contribution in [0.2, 0.25) is 0 Å². The largest absolute Gasteiger partial charge is 0.330 e. The maximum absolute atomic E-state index is 12.5. The molecule has 150 valence electrons. The van der Waals surface area contributed by atoms with Gasteiger partial charge in [-0.2, -0.15) is 0 Å². The van der Waals surface area contributed by atoms with E-state index >= 15 is 0 Å². The quantitative estimate of drug-likeness (QED) is 0.609. The van der Waals surface area contributed by atoms with E-state index in [1.54, 1.807) is 0 Å². The molecule has 1 fully saturated rings. The van der Waals surface area contributed by atoms with Crippen LogP contribution >= 0.6 is 0 Å². The lowest BCUT2D eigenvalue weighted by molar-refractivity contribution is -0.118. The molecular weight excluding hydrogens is 358 g/mol. The van der Waals surface area contributed by atoms with Gasteiger partial charge in [0.05, 0.1) is 12.0 Å². The highest BCUT2D eigenvalue weighted by molar-refractivity contribution is 5.94. The number of imidazole rings is 1. The number of carbonyl (C=O) groups excluding carboxylic acids is 1. The summed E-state index contributed by atoms with van der Waals surface area (Å²) >= 11 is 0. The van der Waals surface area contributed by atoms with Crippen LogP contribution in [-0.4, -0.2) is 21.5 Å². The molecule has 2 aromatic carbocycles. The number of carbonyl (C=O) groups is 1. The average molecular weight is 388 g/mol. The fourth-order valence-corrected chi connectivity index (χ4v) is 4.23. The molecule has 0 spiro atoms. The molecule has 4 heteroatoms. The van der Waals surface area contributed by atoms with E-state index in [0.29, 0.717) is 6.42 Å². The van der Waals surface area contributed by atoms with E-state index in [1.807, 2.05) is 17.3 Å². The first-order valence-corrected chi connectivity index (χ1v) is 10.6. The maximum atomic E-state index is 12.5. The van der Waals surface area contributed by atoms with Gasteiger partial charge < -0.3 is 9.47 Å². The van der Waals surface area contributed by atoms with Crippen LogP contribution in [-0.2, 0) is 17.8 Å². The van der Waals surface area contributed by atoms with Crippen LogP contribution in [0, 0.1) is 6.92 Å². The van der Waals surface area contributed by atoms with Gasteiger partial charge in [-0.15, -0.1) is 0 Å². The molecular formula is C25H29N3O.